The van der Waals surface area contributed by atoms with Crippen molar-refractivity contribution >= 4 is 0 Å². The standard InChI is InChI=1S/C18H26O/c1-11-8-12(2)16(13(3)9-11)10-17(19)18-14-6-4-5-7-15(14)18/h8-9,14-15,17-19H,4-7,10H2,1-3H3. The van der Waals surface area contributed by atoms with Gasteiger partial charge in [-0.05, 0) is 74.5 Å². The molecule has 1 heteroatoms. The number of rotatable bonds is 3. The van der Waals surface area contributed by atoms with Crippen LogP contribution >= 0.6 is 0 Å². The SMILES string of the molecule is Cc1cc(C)c(CC(O)C2C3CCCCC32)c(C)c1. The molecule has 0 saturated heterocycles. The summed E-state index contributed by atoms with van der Waals surface area (Å²) in [5, 5.41) is 10.6. The van der Waals surface area contributed by atoms with Gasteiger partial charge < -0.3 is 5.11 Å². The molecule has 0 heterocycles. The summed E-state index contributed by atoms with van der Waals surface area (Å²) in [6.45, 7) is 6.51. The summed E-state index contributed by atoms with van der Waals surface area (Å²) in [5.74, 6) is 2.28. The highest BCUT2D eigenvalue weighted by Gasteiger charge is 2.53. The smallest absolute Gasteiger partial charge is 0.0614 e. The van der Waals surface area contributed by atoms with Gasteiger partial charge in [-0.2, -0.15) is 0 Å². The van der Waals surface area contributed by atoms with Crippen LogP contribution in [0.15, 0.2) is 12.1 Å². The Hall–Kier alpha value is -0.820. The third-order valence-corrected chi connectivity index (χ3v) is 5.42. The Balaban J connectivity index is 1.72. The number of aliphatic hydroxyl groups excluding tert-OH is 1. The molecule has 0 aliphatic heterocycles. The Morgan fingerprint density at radius 2 is 1.58 bits per heavy atom. The molecule has 2 aliphatic rings. The van der Waals surface area contributed by atoms with Crippen molar-refractivity contribution in [3.63, 3.8) is 0 Å². The molecular formula is C18H26O. The summed E-state index contributed by atoms with van der Waals surface area (Å²) in [6.07, 6.45) is 6.22. The first-order valence-corrected chi connectivity index (χ1v) is 7.82. The van der Waals surface area contributed by atoms with Crippen LogP contribution in [0, 0.1) is 38.5 Å². The molecule has 3 unspecified atom stereocenters. The molecule has 1 aromatic carbocycles. The Bertz CT molecular complexity index is 442. The Morgan fingerprint density at radius 1 is 1.05 bits per heavy atom. The monoisotopic (exact) mass is 258 g/mol. The van der Waals surface area contributed by atoms with Crippen LogP contribution in [0.3, 0.4) is 0 Å². The first-order valence-electron chi connectivity index (χ1n) is 7.82. The summed E-state index contributed by atoms with van der Waals surface area (Å²) in [7, 11) is 0. The van der Waals surface area contributed by atoms with Gasteiger partial charge in [-0.25, -0.2) is 0 Å². The normalized spacial score (nSPS) is 30.8. The lowest BCUT2D eigenvalue weighted by atomic mass is 9.93. The number of aliphatic hydroxyl groups is 1. The van der Waals surface area contributed by atoms with E-state index in [-0.39, 0.29) is 6.10 Å². The molecule has 1 nitrogen and oxygen atoms in total. The fraction of sp³-hybridized carbons (Fsp3) is 0.667. The molecule has 19 heavy (non-hydrogen) atoms. The first-order chi connectivity index (χ1) is 9.08. The maximum atomic E-state index is 10.6. The largest absolute Gasteiger partial charge is 0.392 e. The maximum Gasteiger partial charge on any atom is 0.0614 e. The van der Waals surface area contributed by atoms with E-state index < -0.39 is 0 Å². The van der Waals surface area contributed by atoms with E-state index in [0.29, 0.717) is 5.92 Å². The van der Waals surface area contributed by atoms with Gasteiger partial charge in [-0.3, -0.25) is 0 Å². The summed E-state index contributed by atoms with van der Waals surface area (Å²) < 4.78 is 0. The van der Waals surface area contributed by atoms with Crippen molar-refractivity contribution in [3.05, 3.63) is 34.4 Å². The van der Waals surface area contributed by atoms with Crippen molar-refractivity contribution < 1.29 is 5.11 Å². The quantitative estimate of drug-likeness (QED) is 0.870. The topological polar surface area (TPSA) is 20.2 Å². The lowest BCUT2D eigenvalue weighted by Crippen LogP contribution is -2.16. The van der Waals surface area contributed by atoms with Crippen LogP contribution in [-0.2, 0) is 6.42 Å². The molecule has 3 atom stereocenters. The highest BCUT2D eigenvalue weighted by molar-refractivity contribution is 5.38. The van der Waals surface area contributed by atoms with Gasteiger partial charge in [0.25, 0.3) is 0 Å². The molecule has 0 spiro atoms. The minimum Gasteiger partial charge on any atom is -0.392 e. The molecule has 0 bridgehead atoms. The van der Waals surface area contributed by atoms with Crippen LogP contribution in [0.2, 0.25) is 0 Å². The van der Waals surface area contributed by atoms with Crippen molar-refractivity contribution in [3.8, 4) is 0 Å². The van der Waals surface area contributed by atoms with Gasteiger partial charge in [0.15, 0.2) is 0 Å². The average Bonchev–Trinajstić information content (AvgIpc) is 3.07. The second-order valence-electron chi connectivity index (χ2n) is 6.84. The lowest BCUT2D eigenvalue weighted by Gasteiger charge is -2.16. The van der Waals surface area contributed by atoms with Gasteiger partial charge >= 0.3 is 0 Å². The molecule has 2 saturated carbocycles. The second kappa shape index (κ2) is 4.94. The Kier molecular flexibility index (Phi) is 3.42. The predicted octanol–water partition coefficient (Wildman–Crippen LogP) is 3.95. The van der Waals surface area contributed by atoms with Crippen LogP contribution in [0.1, 0.15) is 47.9 Å². The highest BCUT2D eigenvalue weighted by Crippen LogP contribution is 2.57. The van der Waals surface area contributed by atoms with Crippen LogP contribution in [-0.4, -0.2) is 11.2 Å². The fourth-order valence-electron chi connectivity index (χ4n) is 4.50. The van der Waals surface area contributed by atoms with Gasteiger partial charge in [0.1, 0.15) is 0 Å². The molecule has 2 fully saturated rings. The number of benzene rings is 1. The molecule has 104 valence electrons. The molecule has 3 rings (SSSR count). The maximum absolute atomic E-state index is 10.6. The minimum atomic E-state index is -0.117. The van der Waals surface area contributed by atoms with Crippen LogP contribution < -0.4 is 0 Å². The van der Waals surface area contributed by atoms with E-state index in [0.717, 1.165) is 18.3 Å². The van der Waals surface area contributed by atoms with Gasteiger partial charge in [0.05, 0.1) is 6.10 Å². The zero-order valence-corrected chi connectivity index (χ0v) is 12.4. The first kappa shape index (κ1) is 13.2. The van der Waals surface area contributed by atoms with Gasteiger partial charge in [0, 0.05) is 0 Å². The third-order valence-electron chi connectivity index (χ3n) is 5.42. The van der Waals surface area contributed by atoms with E-state index in [1.54, 1.807) is 0 Å². The molecule has 0 radical (unpaired) electrons. The van der Waals surface area contributed by atoms with E-state index in [1.165, 1.54) is 47.9 Å². The number of aryl methyl sites for hydroxylation is 3. The van der Waals surface area contributed by atoms with Crippen molar-refractivity contribution in [2.24, 2.45) is 17.8 Å². The minimum absolute atomic E-state index is 0.117. The lowest BCUT2D eigenvalue weighted by molar-refractivity contribution is 0.140. The molecule has 1 aromatic rings. The number of fused-ring (bicyclic) bond motifs is 1. The summed E-state index contributed by atoms with van der Waals surface area (Å²) in [6, 6.07) is 4.49. The van der Waals surface area contributed by atoms with Crippen molar-refractivity contribution in [1.82, 2.24) is 0 Å². The third kappa shape index (κ3) is 2.45. The Morgan fingerprint density at radius 3 is 2.11 bits per heavy atom. The van der Waals surface area contributed by atoms with E-state index in [2.05, 4.69) is 32.9 Å². The van der Waals surface area contributed by atoms with E-state index in [4.69, 9.17) is 0 Å². The molecular weight excluding hydrogens is 232 g/mol. The van der Waals surface area contributed by atoms with E-state index >= 15 is 0 Å². The van der Waals surface area contributed by atoms with Gasteiger partial charge in [0.2, 0.25) is 0 Å². The summed E-state index contributed by atoms with van der Waals surface area (Å²) in [4.78, 5) is 0. The van der Waals surface area contributed by atoms with Crippen molar-refractivity contribution in [1.29, 1.82) is 0 Å². The highest BCUT2D eigenvalue weighted by atomic mass is 16.3. The predicted molar refractivity (Wildman–Crippen MR) is 79.3 cm³/mol. The van der Waals surface area contributed by atoms with Gasteiger partial charge in [-0.1, -0.05) is 30.5 Å². The van der Waals surface area contributed by atoms with E-state index in [1.807, 2.05) is 0 Å². The Labute approximate surface area is 117 Å². The van der Waals surface area contributed by atoms with Crippen molar-refractivity contribution in [2.75, 3.05) is 0 Å². The van der Waals surface area contributed by atoms with Crippen molar-refractivity contribution in [2.45, 2.75) is 59.0 Å². The second-order valence-corrected chi connectivity index (χ2v) is 6.84. The molecule has 2 aliphatic carbocycles. The number of hydrogen-bond acceptors (Lipinski definition) is 1. The molecule has 0 amide bonds. The van der Waals surface area contributed by atoms with Gasteiger partial charge in [-0.15, -0.1) is 0 Å². The van der Waals surface area contributed by atoms with E-state index in [9.17, 15) is 5.11 Å². The zero-order chi connectivity index (χ0) is 13.6. The summed E-state index contributed by atoms with van der Waals surface area (Å²) >= 11 is 0. The zero-order valence-electron chi connectivity index (χ0n) is 12.4. The molecule has 1 N–H and O–H groups in total. The summed E-state index contributed by atoms with van der Waals surface area (Å²) in [5.41, 5.74) is 5.40. The van der Waals surface area contributed by atoms with Crippen LogP contribution in [0.5, 0.6) is 0 Å². The number of hydrogen-bond donors (Lipinski definition) is 1. The molecule has 0 aromatic heterocycles. The van der Waals surface area contributed by atoms with Crippen LogP contribution in [0.25, 0.3) is 0 Å². The fourth-order valence-corrected chi connectivity index (χ4v) is 4.50. The van der Waals surface area contributed by atoms with Crippen LogP contribution in [0.4, 0.5) is 0 Å². The average molecular weight is 258 g/mol.